The van der Waals surface area contributed by atoms with Gasteiger partial charge in [-0.25, -0.2) is 0 Å². The average Bonchev–Trinajstić information content (AvgIpc) is 2.83. The van der Waals surface area contributed by atoms with Crippen molar-refractivity contribution in [1.29, 1.82) is 0 Å². The Labute approximate surface area is 139 Å². The molecule has 1 N–H and O–H groups in total. The van der Waals surface area contributed by atoms with E-state index in [4.69, 9.17) is 4.74 Å². The van der Waals surface area contributed by atoms with Gasteiger partial charge in [-0.3, -0.25) is 14.5 Å². The Hall–Kier alpha value is -0.940. The zero-order chi connectivity index (χ0) is 16.7. The number of hydrogen-bond acceptors (Lipinski definition) is 4. The van der Waals surface area contributed by atoms with Gasteiger partial charge < -0.3 is 10.1 Å². The number of morpholine rings is 1. The number of Topliss-reactive ketones (excluding diaryl/α,β-unsaturated/α-hetero) is 1. The molecule has 0 aromatic carbocycles. The third kappa shape index (κ3) is 2.43. The van der Waals surface area contributed by atoms with Crippen LogP contribution in [0.4, 0.5) is 0 Å². The van der Waals surface area contributed by atoms with Gasteiger partial charge in [-0.05, 0) is 31.2 Å². The molecule has 2 saturated carbocycles. The number of rotatable bonds is 5. The summed E-state index contributed by atoms with van der Waals surface area (Å²) < 4.78 is 5.34. The van der Waals surface area contributed by atoms with Crippen LogP contribution in [0.15, 0.2) is 0 Å². The number of ketones is 1. The van der Waals surface area contributed by atoms with Crippen LogP contribution in [0.2, 0.25) is 0 Å². The summed E-state index contributed by atoms with van der Waals surface area (Å²) in [6.07, 6.45) is 3.07. The van der Waals surface area contributed by atoms with E-state index in [1.807, 2.05) is 0 Å². The van der Waals surface area contributed by atoms with Crippen LogP contribution in [0.1, 0.15) is 46.5 Å². The normalized spacial score (nSPS) is 36.4. The van der Waals surface area contributed by atoms with Crippen LogP contribution in [0.5, 0.6) is 0 Å². The third-order valence-electron chi connectivity index (χ3n) is 7.18. The van der Waals surface area contributed by atoms with Gasteiger partial charge in [-0.1, -0.05) is 20.8 Å². The van der Waals surface area contributed by atoms with Gasteiger partial charge in [0, 0.05) is 31.5 Å². The molecular weight excluding hydrogens is 292 g/mol. The fourth-order valence-electron chi connectivity index (χ4n) is 4.86. The average molecular weight is 322 g/mol. The van der Waals surface area contributed by atoms with Gasteiger partial charge in [-0.15, -0.1) is 0 Å². The monoisotopic (exact) mass is 322 g/mol. The molecule has 1 heterocycles. The highest BCUT2D eigenvalue weighted by molar-refractivity contribution is 5.99. The van der Waals surface area contributed by atoms with Crippen molar-refractivity contribution in [3.8, 4) is 0 Å². The van der Waals surface area contributed by atoms with E-state index in [1.54, 1.807) is 0 Å². The Morgan fingerprint density at radius 2 is 1.91 bits per heavy atom. The van der Waals surface area contributed by atoms with Crippen LogP contribution in [0.3, 0.4) is 0 Å². The van der Waals surface area contributed by atoms with Crippen molar-refractivity contribution in [1.82, 2.24) is 10.2 Å². The first-order valence-corrected chi connectivity index (χ1v) is 8.95. The van der Waals surface area contributed by atoms with E-state index in [0.717, 1.165) is 52.1 Å². The summed E-state index contributed by atoms with van der Waals surface area (Å²) in [7, 11) is 0. The molecule has 1 saturated heterocycles. The second kappa shape index (κ2) is 5.85. The molecule has 2 atom stereocenters. The standard InChI is InChI=1S/C18H30N2O3/c1-16(2)17(3)5-6-18(16,13-14(17)21)15(22)19-7-4-8-20-9-11-23-12-10-20/h4-13H2,1-3H3,(H,19,22)/t17-,18+/m1/s1. The van der Waals surface area contributed by atoms with E-state index in [-0.39, 0.29) is 22.5 Å². The molecule has 3 rings (SSSR count). The number of nitrogens with one attached hydrogen (secondary N) is 1. The van der Waals surface area contributed by atoms with Crippen LogP contribution in [0.25, 0.3) is 0 Å². The lowest BCUT2D eigenvalue weighted by Gasteiger charge is -2.38. The van der Waals surface area contributed by atoms with Crippen molar-refractivity contribution in [2.24, 2.45) is 16.2 Å². The number of carbonyl (C=O) groups excluding carboxylic acids is 2. The van der Waals surface area contributed by atoms with Gasteiger partial charge in [0.25, 0.3) is 0 Å². The summed E-state index contributed by atoms with van der Waals surface area (Å²) >= 11 is 0. The van der Waals surface area contributed by atoms with E-state index in [1.165, 1.54) is 0 Å². The van der Waals surface area contributed by atoms with Gasteiger partial charge in [0.15, 0.2) is 0 Å². The van der Waals surface area contributed by atoms with Gasteiger partial charge in [0.2, 0.25) is 5.91 Å². The lowest BCUT2D eigenvalue weighted by Crippen LogP contribution is -2.47. The Morgan fingerprint density at radius 1 is 1.22 bits per heavy atom. The van der Waals surface area contributed by atoms with Crippen molar-refractivity contribution >= 4 is 11.7 Å². The molecule has 0 spiro atoms. The molecule has 2 aliphatic carbocycles. The molecule has 2 bridgehead atoms. The molecule has 130 valence electrons. The number of nitrogens with zero attached hydrogens (tertiary/aromatic N) is 1. The molecule has 0 radical (unpaired) electrons. The van der Waals surface area contributed by atoms with Gasteiger partial charge >= 0.3 is 0 Å². The molecular formula is C18H30N2O3. The minimum Gasteiger partial charge on any atom is -0.379 e. The van der Waals surface area contributed by atoms with Crippen molar-refractivity contribution in [3.05, 3.63) is 0 Å². The van der Waals surface area contributed by atoms with Crippen LogP contribution in [0, 0.1) is 16.2 Å². The molecule has 3 aliphatic rings. The smallest absolute Gasteiger partial charge is 0.227 e. The second-order valence-corrected chi connectivity index (χ2v) is 8.20. The molecule has 1 amide bonds. The summed E-state index contributed by atoms with van der Waals surface area (Å²) in [6, 6.07) is 0. The lowest BCUT2D eigenvalue weighted by atomic mass is 9.64. The number of hydrogen-bond donors (Lipinski definition) is 1. The zero-order valence-electron chi connectivity index (χ0n) is 14.7. The van der Waals surface area contributed by atoms with E-state index < -0.39 is 5.41 Å². The summed E-state index contributed by atoms with van der Waals surface area (Å²) in [5, 5.41) is 3.13. The summed E-state index contributed by atoms with van der Waals surface area (Å²) in [5.74, 6) is 0.372. The first-order chi connectivity index (χ1) is 10.8. The SMILES string of the molecule is CC1(C)[C@@]2(C(=O)NCCCN3CCOCC3)CC[C@]1(C)C(=O)C2. The maximum Gasteiger partial charge on any atom is 0.227 e. The minimum absolute atomic E-state index is 0.0963. The van der Waals surface area contributed by atoms with Crippen LogP contribution >= 0.6 is 0 Å². The Kier molecular flexibility index (Phi) is 4.30. The predicted octanol–water partition coefficient (Wildman–Crippen LogP) is 1.61. The largest absolute Gasteiger partial charge is 0.379 e. The topological polar surface area (TPSA) is 58.6 Å². The number of amides is 1. The first-order valence-electron chi connectivity index (χ1n) is 8.95. The van der Waals surface area contributed by atoms with Crippen molar-refractivity contribution in [2.45, 2.75) is 46.5 Å². The maximum absolute atomic E-state index is 12.9. The van der Waals surface area contributed by atoms with Gasteiger partial charge in [0.1, 0.15) is 5.78 Å². The van der Waals surface area contributed by atoms with E-state index >= 15 is 0 Å². The van der Waals surface area contributed by atoms with Crippen molar-refractivity contribution in [3.63, 3.8) is 0 Å². The van der Waals surface area contributed by atoms with Crippen LogP contribution in [-0.4, -0.2) is 56.0 Å². The van der Waals surface area contributed by atoms with Crippen molar-refractivity contribution < 1.29 is 14.3 Å². The lowest BCUT2D eigenvalue weighted by molar-refractivity contribution is -0.136. The van der Waals surface area contributed by atoms with Crippen LogP contribution in [-0.2, 0) is 14.3 Å². The summed E-state index contributed by atoms with van der Waals surface area (Å²) in [5.41, 5.74) is -1.05. The number of carbonyl (C=O) groups is 2. The zero-order valence-corrected chi connectivity index (χ0v) is 14.7. The van der Waals surface area contributed by atoms with Crippen molar-refractivity contribution in [2.75, 3.05) is 39.4 Å². The van der Waals surface area contributed by atoms with E-state index in [2.05, 4.69) is 31.0 Å². The second-order valence-electron chi connectivity index (χ2n) is 8.20. The van der Waals surface area contributed by atoms with E-state index in [9.17, 15) is 9.59 Å². The van der Waals surface area contributed by atoms with E-state index in [0.29, 0.717) is 13.0 Å². The minimum atomic E-state index is -0.488. The Balaban J connectivity index is 1.53. The first kappa shape index (κ1) is 16.9. The Bertz CT molecular complexity index is 498. The summed E-state index contributed by atoms with van der Waals surface area (Å²) in [4.78, 5) is 27.7. The van der Waals surface area contributed by atoms with Gasteiger partial charge in [-0.2, -0.15) is 0 Å². The molecule has 1 aliphatic heterocycles. The fourth-order valence-corrected chi connectivity index (χ4v) is 4.86. The summed E-state index contributed by atoms with van der Waals surface area (Å²) in [6.45, 7) is 11.5. The number of ether oxygens (including phenoxy) is 1. The molecule has 0 aromatic rings. The fraction of sp³-hybridized carbons (Fsp3) is 0.889. The maximum atomic E-state index is 12.9. The predicted molar refractivity (Wildman–Crippen MR) is 88.1 cm³/mol. The molecule has 0 aromatic heterocycles. The third-order valence-corrected chi connectivity index (χ3v) is 7.18. The molecule has 5 nitrogen and oxygen atoms in total. The molecule has 23 heavy (non-hydrogen) atoms. The Morgan fingerprint density at radius 3 is 2.48 bits per heavy atom. The highest BCUT2D eigenvalue weighted by Gasteiger charge is 2.72. The molecule has 0 unspecified atom stereocenters. The molecule has 5 heteroatoms. The van der Waals surface area contributed by atoms with Gasteiger partial charge in [0.05, 0.1) is 18.6 Å². The highest BCUT2D eigenvalue weighted by atomic mass is 16.5. The highest BCUT2D eigenvalue weighted by Crippen LogP contribution is 2.70. The number of fused-ring (bicyclic) bond motifs is 2. The quantitative estimate of drug-likeness (QED) is 0.781. The molecule has 3 fully saturated rings. The van der Waals surface area contributed by atoms with Crippen LogP contribution < -0.4 is 5.32 Å².